The number of amides is 1. The predicted octanol–water partition coefficient (Wildman–Crippen LogP) is 2.64. The molecule has 8 heteroatoms. The van der Waals surface area contributed by atoms with Crippen LogP contribution >= 0.6 is 0 Å². The molecule has 5 fully saturated rings. The van der Waals surface area contributed by atoms with Gasteiger partial charge in [-0.3, -0.25) is 19.3 Å². The smallest absolute Gasteiger partial charge is 0.288 e. The molecule has 0 aromatic carbocycles. The van der Waals surface area contributed by atoms with Gasteiger partial charge in [0.25, 0.3) is 5.91 Å². The van der Waals surface area contributed by atoms with Crippen molar-refractivity contribution >= 4 is 28.7 Å². The number of allylic oxidation sites excluding steroid dienone is 1. The van der Waals surface area contributed by atoms with Crippen molar-refractivity contribution in [3.63, 3.8) is 0 Å². The lowest BCUT2D eigenvalue weighted by Crippen LogP contribution is -2.55. The second kappa shape index (κ2) is 8.21. The summed E-state index contributed by atoms with van der Waals surface area (Å²) in [5.41, 5.74) is 3.23. The summed E-state index contributed by atoms with van der Waals surface area (Å²) < 4.78 is 2.16. The van der Waals surface area contributed by atoms with Crippen molar-refractivity contribution in [2.75, 3.05) is 0 Å². The molecule has 0 radical (unpaired) electrons. The molecule has 0 spiro atoms. The van der Waals surface area contributed by atoms with Crippen LogP contribution in [0.25, 0.3) is 17.0 Å². The molecule has 5 atom stereocenters. The van der Waals surface area contributed by atoms with Gasteiger partial charge in [0, 0.05) is 29.6 Å². The Kier molecular flexibility index (Phi) is 5.16. The van der Waals surface area contributed by atoms with Crippen LogP contribution in [0.2, 0.25) is 0 Å². The number of carbonyl (C=O) groups is 2. The molecule has 4 bridgehead atoms. The zero-order chi connectivity index (χ0) is 24.6. The number of fused-ring (bicyclic) bond motifs is 3. The number of rotatable bonds is 5. The minimum atomic E-state index is -0.565. The molecule has 3 N–H and O–H groups in total. The number of hydrogen-bond donors (Lipinski definition) is 3. The molecule has 8 rings (SSSR count). The lowest BCUT2D eigenvalue weighted by atomic mass is 9.52. The van der Waals surface area contributed by atoms with Gasteiger partial charge in [-0.15, -0.1) is 0 Å². The van der Waals surface area contributed by atoms with E-state index in [1.807, 2.05) is 6.20 Å². The molecule has 1 amide bonds. The van der Waals surface area contributed by atoms with Crippen LogP contribution in [0.5, 0.6) is 0 Å². The molecule has 2 aromatic rings. The van der Waals surface area contributed by atoms with Gasteiger partial charge in [0.2, 0.25) is 5.78 Å². The minimum absolute atomic E-state index is 0.0521. The van der Waals surface area contributed by atoms with Crippen LogP contribution in [0.15, 0.2) is 12.3 Å². The van der Waals surface area contributed by atoms with E-state index in [0.29, 0.717) is 49.1 Å². The maximum Gasteiger partial charge on any atom is 0.288 e. The first-order chi connectivity index (χ1) is 17.4. The van der Waals surface area contributed by atoms with Crippen LogP contribution < -0.4 is 5.32 Å². The highest BCUT2D eigenvalue weighted by molar-refractivity contribution is 6.36. The Bertz CT molecular complexity index is 1260. The number of pyridine rings is 1. The maximum absolute atomic E-state index is 13.0. The van der Waals surface area contributed by atoms with Gasteiger partial charge < -0.3 is 15.5 Å². The number of carbonyl (C=O) groups excluding carboxylic acids is 2. The third kappa shape index (κ3) is 3.64. The topological polar surface area (TPSA) is 117 Å². The lowest BCUT2D eigenvalue weighted by Gasteiger charge is -2.58. The molecule has 6 aliphatic carbocycles. The molecule has 5 saturated carbocycles. The summed E-state index contributed by atoms with van der Waals surface area (Å²) in [6.07, 6.45) is 14.0. The highest BCUT2D eigenvalue weighted by atomic mass is 16.3. The van der Waals surface area contributed by atoms with E-state index >= 15 is 0 Å². The number of aliphatic hydroxyl groups excluding tert-OH is 1. The number of aliphatic hydroxyl groups is 2. The summed E-state index contributed by atoms with van der Waals surface area (Å²) in [4.78, 5) is 30.4. The largest absolute Gasteiger partial charge is 0.393 e. The van der Waals surface area contributed by atoms with Gasteiger partial charge in [-0.05, 0) is 75.5 Å². The Morgan fingerprint density at radius 1 is 1.11 bits per heavy atom. The van der Waals surface area contributed by atoms with Crippen molar-refractivity contribution in [2.45, 2.75) is 94.4 Å². The molecule has 2 heterocycles. The van der Waals surface area contributed by atoms with Gasteiger partial charge in [0.05, 0.1) is 41.1 Å². The van der Waals surface area contributed by atoms with Crippen molar-refractivity contribution in [3.05, 3.63) is 29.2 Å². The lowest BCUT2D eigenvalue weighted by molar-refractivity contribution is -0.148. The van der Waals surface area contributed by atoms with Crippen LogP contribution in [0.4, 0.5) is 0 Å². The Morgan fingerprint density at radius 2 is 1.86 bits per heavy atom. The fraction of sp³-hybridized carbons (Fsp3) is 0.643. The van der Waals surface area contributed by atoms with E-state index < -0.39 is 17.3 Å². The van der Waals surface area contributed by atoms with Crippen molar-refractivity contribution in [1.29, 1.82) is 0 Å². The number of aromatic nitrogens is 3. The van der Waals surface area contributed by atoms with Gasteiger partial charge >= 0.3 is 0 Å². The van der Waals surface area contributed by atoms with Crippen LogP contribution in [-0.4, -0.2) is 54.4 Å². The first kappa shape index (κ1) is 22.6. The van der Waals surface area contributed by atoms with Gasteiger partial charge in [-0.1, -0.05) is 12.2 Å². The zero-order valence-electron chi connectivity index (χ0n) is 20.5. The van der Waals surface area contributed by atoms with Crippen LogP contribution in [0.1, 0.15) is 80.8 Å². The standard InChI is InChI=1S/C28H34N4O4/c33-19-6-4-18(5-7-19)30-27(35)24(34)10-23-21-14-29-22-3-1-2-20(22)26(21)32(31-23)25-16-8-15-9-17(25)13-28(36,11-15)12-16/h1-2,14-19,25,33,36H,3-13H2,(H,30,35)/t15?,16-,17+,18?,19?,25?,28?. The average molecular weight is 491 g/mol. The minimum Gasteiger partial charge on any atom is -0.393 e. The number of ketones is 1. The molecule has 3 unspecified atom stereocenters. The van der Waals surface area contributed by atoms with Gasteiger partial charge in [0.15, 0.2) is 0 Å². The van der Waals surface area contributed by atoms with E-state index in [2.05, 4.69) is 27.1 Å². The Labute approximate surface area is 210 Å². The van der Waals surface area contributed by atoms with Gasteiger partial charge in [-0.2, -0.15) is 5.10 Å². The normalized spacial score (nSPS) is 36.4. The van der Waals surface area contributed by atoms with Crippen molar-refractivity contribution in [3.8, 4) is 0 Å². The summed E-state index contributed by atoms with van der Waals surface area (Å²) in [6.45, 7) is 0. The molecule has 2 aromatic heterocycles. The fourth-order valence-electron chi connectivity index (χ4n) is 8.29. The molecule has 0 saturated heterocycles. The molecular weight excluding hydrogens is 456 g/mol. The molecule has 36 heavy (non-hydrogen) atoms. The first-order valence-corrected chi connectivity index (χ1v) is 13.7. The first-order valence-electron chi connectivity index (χ1n) is 13.7. The number of nitrogens with zero attached hydrogens (tertiary/aromatic N) is 3. The number of hydrogen-bond acceptors (Lipinski definition) is 6. The summed E-state index contributed by atoms with van der Waals surface area (Å²) in [7, 11) is 0. The molecule has 8 nitrogen and oxygen atoms in total. The van der Waals surface area contributed by atoms with Crippen LogP contribution in [0.3, 0.4) is 0 Å². The summed E-state index contributed by atoms with van der Waals surface area (Å²) in [5.74, 6) is 0.315. The summed E-state index contributed by atoms with van der Waals surface area (Å²) in [5, 5.41) is 29.6. The van der Waals surface area contributed by atoms with E-state index in [1.165, 1.54) is 0 Å². The summed E-state index contributed by atoms with van der Waals surface area (Å²) >= 11 is 0. The molecule has 6 aliphatic rings. The van der Waals surface area contributed by atoms with Crippen molar-refractivity contribution < 1.29 is 19.8 Å². The number of nitrogens with one attached hydrogen (secondary N) is 1. The zero-order valence-corrected chi connectivity index (χ0v) is 20.5. The van der Waals surface area contributed by atoms with E-state index in [0.717, 1.165) is 60.7 Å². The Balaban J connectivity index is 1.21. The van der Waals surface area contributed by atoms with E-state index in [-0.39, 0.29) is 24.6 Å². The van der Waals surface area contributed by atoms with E-state index in [4.69, 9.17) is 5.10 Å². The molecule has 0 aliphatic heterocycles. The highest BCUT2D eigenvalue weighted by Gasteiger charge is 2.56. The second-order valence-corrected chi connectivity index (χ2v) is 12.1. The quantitative estimate of drug-likeness (QED) is 0.555. The summed E-state index contributed by atoms with van der Waals surface area (Å²) in [6, 6.07) is 0.143. The highest BCUT2D eigenvalue weighted by Crippen LogP contribution is 2.60. The SMILES string of the molecule is O=C(Cc1nn(C2[C@@H]3CC4C[C@H]2CC(O)(C4)C3)c2c3c(ncc12)CC=C3)C(=O)NC1CCC(O)CC1. The number of Topliss-reactive ketones (excluding diaryl/α,β-unsaturated/α-hetero) is 1. The van der Waals surface area contributed by atoms with E-state index in [9.17, 15) is 19.8 Å². The van der Waals surface area contributed by atoms with Crippen LogP contribution in [0, 0.1) is 17.8 Å². The van der Waals surface area contributed by atoms with Crippen molar-refractivity contribution in [2.24, 2.45) is 17.8 Å². The Morgan fingerprint density at radius 3 is 2.58 bits per heavy atom. The third-order valence-electron chi connectivity index (χ3n) is 9.62. The third-order valence-corrected chi connectivity index (χ3v) is 9.62. The van der Waals surface area contributed by atoms with Gasteiger partial charge in [-0.25, -0.2) is 0 Å². The average Bonchev–Trinajstić information content (AvgIpc) is 3.44. The Hall–Kier alpha value is -2.58. The predicted molar refractivity (Wildman–Crippen MR) is 133 cm³/mol. The van der Waals surface area contributed by atoms with Crippen LogP contribution in [-0.2, 0) is 22.4 Å². The maximum atomic E-state index is 13.0. The van der Waals surface area contributed by atoms with E-state index in [1.54, 1.807) is 0 Å². The van der Waals surface area contributed by atoms with Gasteiger partial charge in [0.1, 0.15) is 0 Å². The fourth-order valence-corrected chi connectivity index (χ4v) is 8.29. The molecule has 190 valence electrons. The van der Waals surface area contributed by atoms with Crippen molar-refractivity contribution in [1.82, 2.24) is 20.1 Å². The molecular formula is C28H34N4O4. The monoisotopic (exact) mass is 490 g/mol. The second-order valence-electron chi connectivity index (χ2n) is 12.1.